The molecular weight excluding hydrogens is 198 g/mol. The summed E-state index contributed by atoms with van der Waals surface area (Å²) in [5, 5.41) is 19.3. The van der Waals surface area contributed by atoms with Gasteiger partial charge in [0.15, 0.2) is 0 Å². The molecule has 0 aromatic heterocycles. The van der Waals surface area contributed by atoms with Crippen molar-refractivity contribution in [3.05, 3.63) is 52.1 Å². The van der Waals surface area contributed by atoms with Gasteiger partial charge in [0, 0.05) is 11.6 Å². The molecule has 0 unspecified atom stereocenters. The molecular formula is C10H9NO4. The molecule has 0 bridgehead atoms. The number of nitro groups is 1. The van der Waals surface area contributed by atoms with Crippen LogP contribution in [0.5, 0.6) is 0 Å². The minimum absolute atomic E-state index is 0.0393. The average molecular weight is 207 g/mol. The second-order valence-electron chi connectivity index (χ2n) is 2.90. The van der Waals surface area contributed by atoms with Crippen LogP contribution < -0.4 is 0 Å². The van der Waals surface area contributed by atoms with E-state index >= 15 is 0 Å². The molecule has 1 aromatic rings. The van der Waals surface area contributed by atoms with Crippen LogP contribution in [0.25, 0.3) is 0 Å². The molecule has 0 fully saturated rings. The van der Waals surface area contributed by atoms with Crippen molar-refractivity contribution < 1.29 is 14.8 Å². The van der Waals surface area contributed by atoms with Crippen LogP contribution in [0.2, 0.25) is 0 Å². The van der Waals surface area contributed by atoms with E-state index in [0.29, 0.717) is 5.56 Å². The maximum atomic E-state index is 10.6. The summed E-state index contributed by atoms with van der Waals surface area (Å²) in [5.41, 5.74) is 0.312. The van der Waals surface area contributed by atoms with E-state index in [1.54, 1.807) is 0 Å². The smallest absolute Gasteiger partial charge is 0.335 e. The lowest BCUT2D eigenvalue weighted by molar-refractivity contribution is -0.385. The number of carboxylic acid groups (broad SMARTS) is 1. The van der Waals surface area contributed by atoms with E-state index in [2.05, 4.69) is 6.58 Å². The molecule has 78 valence electrons. The lowest BCUT2D eigenvalue weighted by atomic mass is 10.1. The predicted octanol–water partition coefficient (Wildman–Crippen LogP) is 2.02. The highest BCUT2D eigenvalue weighted by Gasteiger charge is 2.14. The predicted molar refractivity (Wildman–Crippen MR) is 54.0 cm³/mol. The van der Waals surface area contributed by atoms with Crippen LogP contribution in [-0.2, 0) is 6.42 Å². The Morgan fingerprint density at radius 3 is 2.73 bits per heavy atom. The lowest BCUT2D eigenvalue weighted by Gasteiger charge is -2.01. The third-order valence-electron chi connectivity index (χ3n) is 1.89. The Labute approximate surface area is 85.8 Å². The van der Waals surface area contributed by atoms with E-state index < -0.39 is 10.9 Å². The van der Waals surface area contributed by atoms with E-state index in [-0.39, 0.29) is 17.7 Å². The number of rotatable bonds is 4. The summed E-state index contributed by atoms with van der Waals surface area (Å²) < 4.78 is 0. The third-order valence-corrected chi connectivity index (χ3v) is 1.89. The van der Waals surface area contributed by atoms with Crippen molar-refractivity contribution in [2.75, 3.05) is 0 Å². The molecule has 0 heterocycles. The van der Waals surface area contributed by atoms with Crippen molar-refractivity contribution in [1.29, 1.82) is 0 Å². The molecule has 0 radical (unpaired) electrons. The van der Waals surface area contributed by atoms with Crippen molar-refractivity contribution in [3.8, 4) is 0 Å². The summed E-state index contributed by atoms with van der Waals surface area (Å²) >= 11 is 0. The quantitative estimate of drug-likeness (QED) is 0.465. The van der Waals surface area contributed by atoms with E-state index in [9.17, 15) is 14.9 Å². The zero-order valence-corrected chi connectivity index (χ0v) is 7.84. The molecule has 0 aliphatic carbocycles. The van der Waals surface area contributed by atoms with Crippen LogP contribution in [0, 0.1) is 10.1 Å². The highest BCUT2D eigenvalue weighted by Crippen LogP contribution is 2.20. The Bertz CT molecular complexity index is 425. The van der Waals surface area contributed by atoms with E-state index in [1.807, 2.05) is 0 Å². The first-order valence-corrected chi connectivity index (χ1v) is 4.17. The van der Waals surface area contributed by atoms with Crippen LogP contribution in [0.1, 0.15) is 15.9 Å². The van der Waals surface area contributed by atoms with Crippen LogP contribution in [0.15, 0.2) is 30.9 Å². The minimum atomic E-state index is -1.10. The van der Waals surface area contributed by atoms with Crippen molar-refractivity contribution in [2.45, 2.75) is 6.42 Å². The Balaban J connectivity index is 3.25. The molecule has 0 amide bonds. The molecule has 0 aliphatic rings. The fraction of sp³-hybridized carbons (Fsp3) is 0.100. The fourth-order valence-electron chi connectivity index (χ4n) is 1.22. The standard InChI is InChI=1S/C10H9NO4/c1-2-3-7-6-8(10(12)13)4-5-9(7)11(14)15/h2,4-6H,1,3H2,(H,12,13). The molecule has 1 aromatic carbocycles. The molecule has 0 aliphatic heterocycles. The van der Waals surface area contributed by atoms with Gasteiger partial charge in [-0.3, -0.25) is 10.1 Å². The van der Waals surface area contributed by atoms with E-state index in [4.69, 9.17) is 5.11 Å². The van der Waals surface area contributed by atoms with Crippen LogP contribution in [0.3, 0.4) is 0 Å². The first-order chi connectivity index (χ1) is 7.06. The normalized spacial score (nSPS) is 9.60. The Morgan fingerprint density at radius 1 is 1.60 bits per heavy atom. The van der Waals surface area contributed by atoms with Gasteiger partial charge in [0.05, 0.1) is 10.5 Å². The van der Waals surface area contributed by atoms with Crippen LogP contribution in [0.4, 0.5) is 5.69 Å². The summed E-state index contributed by atoms with van der Waals surface area (Å²) in [4.78, 5) is 20.7. The summed E-state index contributed by atoms with van der Waals surface area (Å²) in [5.74, 6) is -1.10. The first kappa shape index (κ1) is 10.9. The minimum Gasteiger partial charge on any atom is -0.478 e. The average Bonchev–Trinajstić information content (AvgIpc) is 2.17. The highest BCUT2D eigenvalue weighted by molar-refractivity contribution is 5.88. The van der Waals surface area contributed by atoms with Crippen molar-refractivity contribution in [2.24, 2.45) is 0 Å². The van der Waals surface area contributed by atoms with Crippen molar-refractivity contribution in [3.63, 3.8) is 0 Å². The van der Waals surface area contributed by atoms with Crippen molar-refractivity contribution in [1.82, 2.24) is 0 Å². The van der Waals surface area contributed by atoms with Crippen LogP contribution in [-0.4, -0.2) is 16.0 Å². The van der Waals surface area contributed by atoms with E-state index in [1.165, 1.54) is 24.3 Å². The molecule has 1 rings (SSSR count). The lowest BCUT2D eigenvalue weighted by Crippen LogP contribution is -2.00. The number of carboxylic acids is 1. The summed E-state index contributed by atoms with van der Waals surface area (Å²) in [6.45, 7) is 3.46. The third kappa shape index (κ3) is 2.40. The van der Waals surface area contributed by atoms with Gasteiger partial charge in [0.1, 0.15) is 0 Å². The van der Waals surface area contributed by atoms with Gasteiger partial charge in [0.2, 0.25) is 0 Å². The second-order valence-corrected chi connectivity index (χ2v) is 2.90. The van der Waals surface area contributed by atoms with Gasteiger partial charge in [-0.05, 0) is 18.6 Å². The first-order valence-electron chi connectivity index (χ1n) is 4.17. The fourth-order valence-corrected chi connectivity index (χ4v) is 1.22. The number of hydrogen-bond donors (Lipinski definition) is 1. The van der Waals surface area contributed by atoms with Gasteiger partial charge in [-0.15, -0.1) is 6.58 Å². The summed E-state index contributed by atoms with van der Waals surface area (Å²) in [6, 6.07) is 3.71. The topological polar surface area (TPSA) is 80.4 Å². The number of carbonyl (C=O) groups is 1. The van der Waals surface area contributed by atoms with Gasteiger partial charge >= 0.3 is 5.97 Å². The largest absolute Gasteiger partial charge is 0.478 e. The molecule has 0 spiro atoms. The van der Waals surface area contributed by atoms with Crippen molar-refractivity contribution >= 4 is 11.7 Å². The van der Waals surface area contributed by atoms with Crippen LogP contribution >= 0.6 is 0 Å². The molecule has 15 heavy (non-hydrogen) atoms. The van der Waals surface area contributed by atoms with E-state index in [0.717, 1.165) is 0 Å². The maximum Gasteiger partial charge on any atom is 0.335 e. The molecule has 0 atom stereocenters. The molecule has 1 N–H and O–H groups in total. The second kappa shape index (κ2) is 4.36. The van der Waals surface area contributed by atoms with Gasteiger partial charge in [-0.25, -0.2) is 4.79 Å². The molecule has 5 heteroatoms. The van der Waals surface area contributed by atoms with Gasteiger partial charge in [0.25, 0.3) is 5.69 Å². The number of allylic oxidation sites excluding steroid dienone is 1. The molecule has 0 saturated carbocycles. The Hall–Kier alpha value is -2.17. The number of aromatic carboxylic acids is 1. The number of benzene rings is 1. The Kier molecular flexibility index (Phi) is 3.17. The maximum absolute atomic E-state index is 10.6. The zero-order chi connectivity index (χ0) is 11.4. The van der Waals surface area contributed by atoms with Gasteiger partial charge in [-0.1, -0.05) is 6.08 Å². The number of hydrogen-bond acceptors (Lipinski definition) is 3. The summed E-state index contributed by atoms with van der Waals surface area (Å²) in [6.07, 6.45) is 1.77. The SMILES string of the molecule is C=CCc1cc(C(=O)O)ccc1[N+](=O)[O-]. The highest BCUT2D eigenvalue weighted by atomic mass is 16.6. The molecule has 5 nitrogen and oxygen atoms in total. The Morgan fingerprint density at radius 2 is 2.27 bits per heavy atom. The van der Waals surface area contributed by atoms with Gasteiger partial charge < -0.3 is 5.11 Å². The number of nitrogens with zero attached hydrogens (tertiary/aromatic N) is 1. The molecule has 0 saturated heterocycles. The summed E-state index contributed by atoms with van der Waals surface area (Å²) in [7, 11) is 0. The van der Waals surface area contributed by atoms with Gasteiger partial charge in [-0.2, -0.15) is 0 Å². The number of nitro benzene ring substituents is 1. The monoisotopic (exact) mass is 207 g/mol. The zero-order valence-electron chi connectivity index (χ0n) is 7.84.